The van der Waals surface area contributed by atoms with Crippen molar-refractivity contribution in [2.45, 2.75) is 17.7 Å². The van der Waals surface area contributed by atoms with E-state index in [4.69, 9.17) is 0 Å². The molecule has 0 radical (unpaired) electrons. The Kier molecular flexibility index (Phi) is 5.87. The third kappa shape index (κ3) is 4.44. The van der Waals surface area contributed by atoms with Crippen molar-refractivity contribution in [2.24, 2.45) is 5.92 Å². The number of hydrogen-bond acceptors (Lipinski definition) is 7. The fourth-order valence-electron chi connectivity index (χ4n) is 3.14. The molecule has 1 aromatic carbocycles. The average molecular weight is 401 g/mol. The molecule has 2 aromatic rings. The van der Waals surface area contributed by atoms with E-state index in [0.29, 0.717) is 31.0 Å². The van der Waals surface area contributed by atoms with E-state index in [9.17, 15) is 23.8 Å². The molecule has 0 unspecified atom stereocenters. The standard InChI is InChI=1S/C18H19N5O4S/c19-12-15-2-1-9-20-18(15)22-10-7-14(8-11-22)13-21-28(26,27)17-5-3-16(4-6-17)23(24)25/h1-6,9,14,21H,7-8,10-11,13H2. The number of nitrogens with zero attached hydrogens (tertiary/aromatic N) is 4. The van der Waals surface area contributed by atoms with Gasteiger partial charge in [-0.1, -0.05) is 0 Å². The number of piperidine rings is 1. The molecule has 0 saturated carbocycles. The highest BCUT2D eigenvalue weighted by atomic mass is 32.2. The van der Waals surface area contributed by atoms with Gasteiger partial charge in [-0.05, 0) is 43.0 Å². The van der Waals surface area contributed by atoms with Crippen molar-refractivity contribution < 1.29 is 13.3 Å². The first-order chi connectivity index (χ1) is 13.4. The van der Waals surface area contributed by atoms with Crippen LogP contribution in [0.2, 0.25) is 0 Å². The lowest BCUT2D eigenvalue weighted by molar-refractivity contribution is -0.384. The molecule has 3 rings (SSSR count). The van der Waals surface area contributed by atoms with E-state index in [-0.39, 0.29) is 16.5 Å². The van der Waals surface area contributed by atoms with Gasteiger partial charge in [0.25, 0.3) is 5.69 Å². The molecule has 1 aliphatic heterocycles. The number of nitro groups is 1. The molecule has 1 fully saturated rings. The highest BCUT2D eigenvalue weighted by Crippen LogP contribution is 2.24. The summed E-state index contributed by atoms with van der Waals surface area (Å²) in [4.78, 5) is 16.4. The highest BCUT2D eigenvalue weighted by molar-refractivity contribution is 7.89. The topological polar surface area (TPSA) is 129 Å². The Hall–Kier alpha value is -3.03. The second-order valence-corrected chi connectivity index (χ2v) is 8.29. The van der Waals surface area contributed by atoms with Crippen molar-refractivity contribution in [3.8, 4) is 6.07 Å². The monoisotopic (exact) mass is 401 g/mol. The average Bonchev–Trinajstić information content (AvgIpc) is 2.72. The summed E-state index contributed by atoms with van der Waals surface area (Å²) in [6.07, 6.45) is 3.19. The van der Waals surface area contributed by atoms with Crippen LogP contribution in [0.15, 0.2) is 47.5 Å². The Labute approximate surface area is 162 Å². The number of benzene rings is 1. The summed E-state index contributed by atoms with van der Waals surface area (Å²) in [5, 5.41) is 19.9. The van der Waals surface area contributed by atoms with Gasteiger partial charge in [-0.3, -0.25) is 10.1 Å². The smallest absolute Gasteiger partial charge is 0.269 e. The zero-order valence-electron chi connectivity index (χ0n) is 15.0. The summed E-state index contributed by atoms with van der Waals surface area (Å²) in [5.41, 5.74) is 0.373. The largest absolute Gasteiger partial charge is 0.356 e. The Morgan fingerprint density at radius 3 is 2.54 bits per heavy atom. The number of aromatic nitrogens is 1. The van der Waals surface area contributed by atoms with Crippen LogP contribution in [0.1, 0.15) is 18.4 Å². The number of non-ortho nitro benzene ring substituents is 1. The quantitative estimate of drug-likeness (QED) is 0.579. The van der Waals surface area contributed by atoms with Gasteiger partial charge in [0.05, 0.1) is 15.4 Å². The fraction of sp³-hybridized carbons (Fsp3) is 0.333. The first-order valence-electron chi connectivity index (χ1n) is 8.75. The van der Waals surface area contributed by atoms with Crippen LogP contribution in [0.25, 0.3) is 0 Å². The van der Waals surface area contributed by atoms with E-state index < -0.39 is 14.9 Å². The third-order valence-corrected chi connectivity index (χ3v) is 6.18. The zero-order chi connectivity index (χ0) is 20.1. The molecule has 0 spiro atoms. The lowest BCUT2D eigenvalue weighted by Crippen LogP contribution is -2.39. The van der Waals surface area contributed by atoms with Crippen LogP contribution in [0.4, 0.5) is 11.5 Å². The van der Waals surface area contributed by atoms with Crippen LogP contribution in [-0.4, -0.2) is 38.0 Å². The normalized spacial score (nSPS) is 15.2. The van der Waals surface area contributed by atoms with E-state index in [1.54, 1.807) is 18.3 Å². The van der Waals surface area contributed by atoms with Gasteiger partial charge >= 0.3 is 0 Å². The number of anilines is 1. The predicted molar refractivity (Wildman–Crippen MR) is 102 cm³/mol. The first kappa shape index (κ1) is 19.7. The molecule has 146 valence electrons. The number of nitriles is 1. The summed E-state index contributed by atoms with van der Waals surface area (Å²) >= 11 is 0. The van der Waals surface area contributed by atoms with Gasteiger partial charge in [0.1, 0.15) is 11.9 Å². The summed E-state index contributed by atoms with van der Waals surface area (Å²) in [6.45, 7) is 1.67. The van der Waals surface area contributed by atoms with E-state index >= 15 is 0 Å². The minimum Gasteiger partial charge on any atom is -0.356 e. The minimum absolute atomic E-state index is 0.00248. The molecule has 28 heavy (non-hydrogen) atoms. The van der Waals surface area contributed by atoms with Gasteiger partial charge in [-0.15, -0.1) is 0 Å². The second-order valence-electron chi connectivity index (χ2n) is 6.52. The molecule has 0 aliphatic carbocycles. The zero-order valence-corrected chi connectivity index (χ0v) is 15.8. The second kappa shape index (κ2) is 8.33. The van der Waals surface area contributed by atoms with Crippen molar-refractivity contribution in [1.82, 2.24) is 9.71 Å². The Balaban J connectivity index is 1.56. The minimum atomic E-state index is -3.72. The van der Waals surface area contributed by atoms with E-state index in [2.05, 4.69) is 15.8 Å². The Morgan fingerprint density at radius 1 is 1.25 bits per heavy atom. The number of nitrogens with one attached hydrogen (secondary N) is 1. The molecule has 2 heterocycles. The highest BCUT2D eigenvalue weighted by Gasteiger charge is 2.24. The number of sulfonamides is 1. The predicted octanol–water partition coefficient (Wildman–Crippen LogP) is 2.06. The number of rotatable bonds is 6. The lowest BCUT2D eigenvalue weighted by atomic mass is 9.97. The molecule has 0 amide bonds. The van der Waals surface area contributed by atoms with Crippen LogP contribution in [-0.2, 0) is 10.0 Å². The molecule has 9 nitrogen and oxygen atoms in total. The SMILES string of the molecule is N#Cc1cccnc1N1CCC(CNS(=O)(=O)c2ccc([N+](=O)[O-])cc2)CC1. The van der Waals surface area contributed by atoms with Crippen LogP contribution in [0, 0.1) is 27.4 Å². The van der Waals surface area contributed by atoms with Gasteiger partial charge in [-0.25, -0.2) is 18.1 Å². The van der Waals surface area contributed by atoms with Crippen molar-refractivity contribution in [1.29, 1.82) is 5.26 Å². The van der Waals surface area contributed by atoms with Crippen LogP contribution in [0.3, 0.4) is 0 Å². The van der Waals surface area contributed by atoms with E-state index in [0.717, 1.165) is 12.8 Å². The summed E-state index contributed by atoms with van der Waals surface area (Å²) in [5.74, 6) is 0.827. The summed E-state index contributed by atoms with van der Waals surface area (Å²) in [6, 6.07) is 10.4. The van der Waals surface area contributed by atoms with Gasteiger partial charge < -0.3 is 4.90 Å². The van der Waals surface area contributed by atoms with E-state index in [1.165, 1.54) is 24.3 Å². The molecule has 0 bridgehead atoms. The van der Waals surface area contributed by atoms with Gasteiger partial charge in [-0.2, -0.15) is 5.26 Å². The lowest BCUT2D eigenvalue weighted by Gasteiger charge is -2.33. The number of pyridine rings is 1. The number of nitro benzene ring substituents is 1. The molecule has 10 heteroatoms. The summed E-state index contributed by atoms with van der Waals surface area (Å²) < 4.78 is 27.4. The third-order valence-electron chi connectivity index (χ3n) is 4.74. The van der Waals surface area contributed by atoms with Crippen molar-refractivity contribution in [2.75, 3.05) is 24.5 Å². The summed E-state index contributed by atoms with van der Waals surface area (Å²) in [7, 11) is -3.72. The Bertz CT molecular complexity index is 993. The van der Waals surface area contributed by atoms with Gasteiger partial charge in [0.15, 0.2) is 0 Å². The molecule has 0 atom stereocenters. The van der Waals surface area contributed by atoms with Gasteiger partial charge in [0.2, 0.25) is 10.0 Å². The van der Waals surface area contributed by atoms with Crippen molar-refractivity contribution >= 4 is 21.5 Å². The van der Waals surface area contributed by atoms with Crippen molar-refractivity contribution in [3.05, 3.63) is 58.3 Å². The molecular formula is C18H19N5O4S. The molecule has 1 N–H and O–H groups in total. The molecular weight excluding hydrogens is 382 g/mol. The maximum absolute atomic E-state index is 12.4. The van der Waals surface area contributed by atoms with Crippen LogP contribution >= 0.6 is 0 Å². The first-order valence-corrected chi connectivity index (χ1v) is 10.2. The van der Waals surface area contributed by atoms with Crippen molar-refractivity contribution in [3.63, 3.8) is 0 Å². The Morgan fingerprint density at radius 2 is 1.93 bits per heavy atom. The molecule has 1 saturated heterocycles. The maximum atomic E-state index is 12.4. The number of hydrogen-bond donors (Lipinski definition) is 1. The van der Waals surface area contributed by atoms with Crippen LogP contribution < -0.4 is 9.62 Å². The van der Waals surface area contributed by atoms with Gasteiger partial charge in [0, 0.05) is 38.0 Å². The fourth-order valence-corrected chi connectivity index (χ4v) is 4.26. The molecule has 1 aliphatic rings. The molecule has 1 aromatic heterocycles. The maximum Gasteiger partial charge on any atom is 0.269 e. The van der Waals surface area contributed by atoms with Crippen LogP contribution in [0.5, 0.6) is 0 Å². The van der Waals surface area contributed by atoms with E-state index in [1.807, 2.05) is 4.90 Å².